The van der Waals surface area contributed by atoms with E-state index in [9.17, 15) is 0 Å². The van der Waals surface area contributed by atoms with E-state index in [4.69, 9.17) is 10.00 Å². The average Bonchev–Trinajstić information content (AvgIpc) is 3.09. The van der Waals surface area contributed by atoms with Gasteiger partial charge in [0.25, 0.3) is 5.78 Å². The summed E-state index contributed by atoms with van der Waals surface area (Å²) in [6, 6.07) is 15.3. The molecule has 0 unspecified atom stereocenters. The fraction of sp³-hybridized carbons (Fsp3) is 0.0588. The molecule has 0 spiro atoms. The minimum absolute atomic E-state index is 0.318. The number of nitriles is 1. The molecule has 0 saturated heterocycles. The summed E-state index contributed by atoms with van der Waals surface area (Å²) < 4.78 is 7.59. The monoisotopic (exact) mass is 301 g/mol. The van der Waals surface area contributed by atoms with Crippen LogP contribution in [-0.4, -0.2) is 19.6 Å². The average molecular weight is 301 g/mol. The molecule has 2 aromatic heterocycles. The lowest BCUT2D eigenvalue weighted by molar-refractivity contribution is 0.309. The molecule has 0 aliphatic carbocycles. The summed E-state index contributed by atoms with van der Waals surface area (Å²) >= 11 is 0. The van der Waals surface area contributed by atoms with E-state index in [1.165, 1.54) is 6.33 Å². The number of rotatable bonds is 3. The maximum absolute atomic E-state index is 9.15. The smallest absolute Gasteiger partial charge is 0.252 e. The van der Waals surface area contributed by atoms with Gasteiger partial charge in [-0.15, -0.1) is 0 Å². The van der Waals surface area contributed by atoms with Crippen LogP contribution in [0.25, 0.3) is 16.7 Å². The molecule has 2 aromatic carbocycles. The summed E-state index contributed by atoms with van der Waals surface area (Å²) in [6.45, 7) is 0.318. The number of fused-ring (bicyclic) bond motifs is 3. The van der Waals surface area contributed by atoms with E-state index in [-0.39, 0.29) is 0 Å². The van der Waals surface area contributed by atoms with Crippen molar-refractivity contribution in [3.05, 3.63) is 66.1 Å². The van der Waals surface area contributed by atoms with Crippen LogP contribution in [0.2, 0.25) is 0 Å². The second kappa shape index (κ2) is 5.39. The zero-order valence-corrected chi connectivity index (χ0v) is 12.0. The second-order valence-corrected chi connectivity index (χ2v) is 4.98. The summed E-state index contributed by atoms with van der Waals surface area (Å²) in [5, 5.41) is 14.2. The third-order valence-corrected chi connectivity index (χ3v) is 3.63. The van der Waals surface area contributed by atoms with Crippen molar-refractivity contribution in [1.29, 1.82) is 5.26 Å². The number of ether oxygens (including phenoxy) is 1. The van der Waals surface area contributed by atoms with Crippen molar-refractivity contribution in [3.8, 4) is 11.8 Å². The molecule has 110 valence electrons. The molecule has 0 bridgehead atoms. The Morgan fingerprint density at radius 3 is 2.91 bits per heavy atom. The van der Waals surface area contributed by atoms with Gasteiger partial charge in [-0.05, 0) is 18.2 Å². The van der Waals surface area contributed by atoms with Crippen molar-refractivity contribution in [2.45, 2.75) is 6.61 Å². The van der Waals surface area contributed by atoms with E-state index in [1.807, 2.05) is 36.4 Å². The molecule has 0 atom stereocenters. The minimum atomic E-state index is 0.318. The van der Waals surface area contributed by atoms with E-state index >= 15 is 0 Å². The van der Waals surface area contributed by atoms with E-state index in [1.54, 1.807) is 16.8 Å². The molecule has 0 radical (unpaired) electrons. The van der Waals surface area contributed by atoms with Crippen LogP contribution in [0.1, 0.15) is 11.1 Å². The molecule has 2 heterocycles. The number of aromatic nitrogens is 4. The summed E-state index contributed by atoms with van der Waals surface area (Å²) in [5.74, 6) is 1.24. The molecule has 0 aliphatic rings. The molecule has 6 heteroatoms. The first-order valence-corrected chi connectivity index (χ1v) is 7.05. The largest absolute Gasteiger partial charge is 0.488 e. The Kier molecular flexibility index (Phi) is 3.10. The van der Waals surface area contributed by atoms with Gasteiger partial charge < -0.3 is 4.74 Å². The van der Waals surface area contributed by atoms with Gasteiger partial charge in [0, 0.05) is 11.8 Å². The van der Waals surface area contributed by atoms with E-state index in [0.717, 1.165) is 16.5 Å². The minimum Gasteiger partial charge on any atom is -0.488 e. The van der Waals surface area contributed by atoms with Gasteiger partial charge in [-0.3, -0.25) is 0 Å². The van der Waals surface area contributed by atoms with Crippen molar-refractivity contribution < 1.29 is 4.74 Å². The number of hydrogen-bond acceptors (Lipinski definition) is 5. The van der Waals surface area contributed by atoms with Crippen molar-refractivity contribution in [2.75, 3.05) is 0 Å². The maximum Gasteiger partial charge on any atom is 0.252 e. The number of nitrogens with zero attached hydrogens (tertiary/aromatic N) is 5. The lowest BCUT2D eigenvalue weighted by atomic mass is 10.1. The van der Waals surface area contributed by atoms with Gasteiger partial charge in [0.1, 0.15) is 18.7 Å². The molecule has 0 amide bonds. The van der Waals surface area contributed by atoms with Crippen LogP contribution >= 0.6 is 0 Å². The van der Waals surface area contributed by atoms with Gasteiger partial charge >= 0.3 is 0 Å². The summed E-state index contributed by atoms with van der Waals surface area (Å²) in [4.78, 5) is 8.35. The maximum atomic E-state index is 9.15. The van der Waals surface area contributed by atoms with Crippen LogP contribution < -0.4 is 4.74 Å². The Hall–Kier alpha value is -3.46. The molecular formula is C17H11N5O. The molecule has 6 nitrogen and oxygen atoms in total. The van der Waals surface area contributed by atoms with Crippen molar-refractivity contribution in [1.82, 2.24) is 19.6 Å². The highest BCUT2D eigenvalue weighted by Crippen LogP contribution is 2.26. The van der Waals surface area contributed by atoms with Gasteiger partial charge in [0.05, 0.1) is 22.5 Å². The van der Waals surface area contributed by atoms with E-state index < -0.39 is 0 Å². The predicted octanol–water partition coefficient (Wildman–Crippen LogP) is 2.73. The van der Waals surface area contributed by atoms with Crippen molar-refractivity contribution in [2.24, 2.45) is 0 Å². The van der Waals surface area contributed by atoms with Crippen LogP contribution in [0.5, 0.6) is 5.75 Å². The molecule has 0 saturated carbocycles. The summed E-state index contributed by atoms with van der Waals surface area (Å²) in [5.41, 5.74) is 2.34. The first-order valence-electron chi connectivity index (χ1n) is 7.05. The van der Waals surface area contributed by atoms with Gasteiger partial charge in [0.2, 0.25) is 0 Å². The Balaban J connectivity index is 1.73. The molecule has 0 N–H and O–H groups in total. The van der Waals surface area contributed by atoms with E-state index in [2.05, 4.69) is 21.1 Å². The van der Waals surface area contributed by atoms with Gasteiger partial charge in [-0.25, -0.2) is 4.98 Å². The quantitative estimate of drug-likeness (QED) is 0.581. The van der Waals surface area contributed by atoms with Crippen LogP contribution in [0, 0.1) is 11.3 Å². The molecule has 0 aliphatic heterocycles. The second-order valence-electron chi connectivity index (χ2n) is 4.98. The molecule has 4 aromatic rings. The fourth-order valence-electron chi connectivity index (χ4n) is 2.50. The molecule has 4 rings (SSSR count). The van der Waals surface area contributed by atoms with E-state index in [0.29, 0.717) is 23.7 Å². The SMILES string of the molecule is N#Cc1ccccc1COc1cccc2c1cnc1ncnn12. The standard InChI is InChI=1S/C17H11N5O/c18-8-12-4-1-2-5-13(12)10-23-16-7-3-6-15-14(16)9-19-17-20-11-21-22(15)17/h1-7,9,11H,10H2. The number of benzene rings is 2. The molecule has 23 heavy (non-hydrogen) atoms. The highest BCUT2D eigenvalue weighted by atomic mass is 16.5. The lowest BCUT2D eigenvalue weighted by Gasteiger charge is -2.10. The molecular weight excluding hydrogens is 290 g/mol. The first kappa shape index (κ1) is 13.2. The molecule has 0 fully saturated rings. The van der Waals surface area contributed by atoms with Gasteiger partial charge in [0.15, 0.2) is 0 Å². The van der Waals surface area contributed by atoms with Crippen LogP contribution in [0.4, 0.5) is 0 Å². The van der Waals surface area contributed by atoms with Crippen LogP contribution in [0.3, 0.4) is 0 Å². The Labute approximate surface area is 131 Å². The van der Waals surface area contributed by atoms with Crippen LogP contribution in [-0.2, 0) is 6.61 Å². The first-order chi connectivity index (χ1) is 11.4. The van der Waals surface area contributed by atoms with Crippen molar-refractivity contribution >= 4 is 16.7 Å². The topological polar surface area (TPSA) is 76.1 Å². The Morgan fingerprint density at radius 1 is 1.09 bits per heavy atom. The van der Waals surface area contributed by atoms with Gasteiger partial charge in [-0.1, -0.05) is 24.3 Å². The predicted molar refractivity (Wildman–Crippen MR) is 83.8 cm³/mol. The third kappa shape index (κ3) is 2.24. The highest BCUT2D eigenvalue weighted by molar-refractivity contribution is 5.85. The zero-order valence-electron chi connectivity index (χ0n) is 12.0. The summed E-state index contributed by atoms with van der Waals surface area (Å²) in [6.07, 6.45) is 3.20. The fourth-order valence-corrected chi connectivity index (χ4v) is 2.50. The Bertz CT molecular complexity index is 1050. The van der Waals surface area contributed by atoms with Crippen molar-refractivity contribution in [3.63, 3.8) is 0 Å². The van der Waals surface area contributed by atoms with Crippen LogP contribution in [0.15, 0.2) is 55.0 Å². The Morgan fingerprint density at radius 2 is 2.00 bits per heavy atom. The van der Waals surface area contributed by atoms with Gasteiger partial charge in [-0.2, -0.15) is 19.9 Å². The third-order valence-electron chi connectivity index (χ3n) is 3.63. The lowest BCUT2D eigenvalue weighted by Crippen LogP contribution is -2.00. The normalized spacial score (nSPS) is 10.7. The number of hydrogen-bond donors (Lipinski definition) is 0. The zero-order chi connectivity index (χ0) is 15.6. The highest BCUT2D eigenvalue weighted by Gasteiger charge is 2.09. The summed E-state index contributed by atoms with van der Waals surface area (Å²) in [7, 11) is 0.